The first-order valence-electron chi connectivity index (χ1n) is 8.28. The lowest BCUT2D eigenvalue weighted by molar-refractivity contribution is 0.407. The summed E-state index contributed by atoms with van der Waals surface area (Å²) in [5, 5.41) is 0.869. The summed E-state index contributed by atoms with van der Waals surface area (Å²) in [6.07, 6.45) is 1.85. The van der Waals surface area contributed by atoms with Gasteiger partial charge in [0.25, 0.3) is 0 Å². The lowest BCUT2D eigenvalue weighted by Gasteiger charge is -2.11. The number of nitrogens with one attached hydrogen (secondary N) is 1. The molecule has 0 aliphatic carbocycles. The molecule has 0 aliphatic heterocycles. The van der Waals surface area contributed by atoms with Gasteiger partial charge in [0, 0.05) is 29.1 Å². The van der Waals surface area contributed by atoms with Gasteiger partial charge in [0.15, 0.2) is 5.16 Å². The molecule has 3 rings (SSSR count). The summed E-state index contributed by atoms with van der Waals surface area (Å²) in [6.45, 7) is 8.04. The average Bonchev–Trinajstić information content (AvgIpc) is 3.05. The molecule has 0 unspecified atom stereocenters. The van der Waals surface area contributed by atoms with E-state index in [1.165, 1.54) is 0 Å². The van der Waals surface area contributed by atoms with E-state index in [1.54, 1.807) is 26.0 Å². The van der Waals surface area contributed by atoms with Crippen molar-refractivity contribution in [1.29, 1.82) is 0 Å². The molecule has 0 fully saturated rings. The van der Waals surface area contributed by atoms with E-state index in [4.69, 9.17) is 9.47 Å². The van der Waals surface area contributed by atoms with Gasteiger partial charge in [-0.3, -0.25) is 4.98 Å². The molecule has 3 aromatic rings. The first-order valence-corrected chi connectivity index (χ1v) is 9.26. The lowest BCUT2D eigenvalue weighted by Crippen LogP contribution is -1.98. The Morgan fingerprint density at radius 2 is 1.88 bits per heavy atom. The highest BCUT2D eigenvalue weighted by atomic mass is 32.2. The van der Waals surface area contributed by atoms with Gasteiger partial charge in [0.05, 0.1) is 30.9 Å². The Balaban J connectivity index is 0.00000109. The summed E-state index contributed by atoms with van der Waals surface area (Å²) in [7, 11) is 3.35. The third-order valence-corrected chi connectivity index (χ3v) is 4.65. The number of ether oxygens (including phenoxy) is 2. The molecule has 0 spiro atoms. The highest BCUT2D eigenvalue weighted by molar-refractivity contribution is 7.98. The predicted octanol–water partition coefficient (Wildman–Crippen LogP) is 4.91. The number of pyridine rings is 1. The first kappa shape index (κ1) is 19.1. The Bertz CT molecular complexity index is 846. The average molecular weight is 359 g/mol. The van der Waals surface area contributed by atoms with Crippen LogP contribution in [0.25, 0.3) is 11.0 Å². The van der Waals surface area contributed by atoms with Crippen molar-refractivity contribution in [3.8, 4) is 11.5 Å². The number of imidazole rings is 1. The fraction of sp³-hybridized carbons (Fsp3) is 0.368. The second-order valence-corrected chi connectivity index (χ2v) is 6.22. The van der Waals surface area contributed by atoms with Crippen molar-refractivity contribution in [2.45, 2.75) is 38.6 Å². The molecular formula is C19H25N3O2S. The van der Waals surface area contributed by atoms with Crippen LogP contribution in [0.5, 0.6) is 11.5 Å². The molecule has 134 valence electrons. The first-order chi connectivity index (χ1) is 12.1. The molecule has 0 aliphatic rings. The summed E-state index contributed by atoms with van der Waals surface area (Å²) >= 11 is 1.63. The van der Waals surface area contributed by atoms with Crippen LogP contribution in [0.2, 0.25) is 0 Å². The highest BCUT2D eigenvalue weighted by Crippen LogP contribution is 2.29. The fourth-order valence-electron chi connectivity index (χ4n) is 2.51. The molecule has 0 atom stereocenters. The van der Waals surface area contributed by atoms with Crippen LogP contribution < -0.4 is 9.47 Å². The van der Waals surface area contributed by atoms with Crippen molar-refractivity contribution >= 4 is 22.8 Å². The number of benzene rings is 1. The van der Waals surface area contributed by atoms with Crippen molar-refractivity contribution in [1.82, 2.24) is 15.0 Å². The zero-order chi connectivity index (χ0) is 18.4. The Morgan fingerprint density at radius 1 is 1.12 bits per heavy atom. The molecule has 0 saturated heterocycles. The van der Waals surface area contributed by atoms with E-state index in [0.29, 0.717) is 0 Å². The number of hydrogen-bond acceptors (Lipinski definition) is 5. The van der Waals surface area contributed by atoms with Gasteiger partial charge >= 0.3 is 0 Å². The van der Waals surface area contributed by atoms with Crippen LogP contribution in [0.4, 0.5) is 0 Å². The SMILES string of the molecule is CC.COc1ccc2nc(SCc3ncc(C)c(OC)c3C)[nH]c2c1. The Kier molecular flexibility index (Phi) is 6.70. The topological polar surface area (TPSA) is 60.0 Å². The van der Waals surface area contributed by atoms with Crippen LogP contribution in [-0.4, -0.2) is 29.2 Å². The van der Waals surface area contributed by atoms with Gasteiger partial charge in [0.1, 0.15) is 11.5 Å². The van der Waals surface area contributed by atoms with Gasteiger partial charge in [-0.2, -0.15) is 0 Å². The maximum atomic E-state index is 5.46. The molecule has 6 heteroatoms. The Hall–Kier alpha value is -2.21. The molecule has 2 heterocycles. The van der Waals surface area contributed by atoms with Crippen molar-refractivity contribution in [2.75, 3.05) is 14.2 Å². The van der Waals surface area contributed by atoms with Crippen LogP contribution in [0, 0.1) is 13.8 Å². The molecule has 1 aromatic carbocycles. The zero-order valence-electron chi connectivity index (χ0n) is 15.6. The van der Waals surface area contributed by atoms with Crippen molar-refractivity contribution in [2.24, 2.45) is 0 Å². The van der Waals surface area contributed by atoms with E-state index in [1.807, 2.05) is 52.1 Å². The maximum Gasteiger partial charge on any atom is 0.166 e. The van der Waals surface area contributed by atoms with Crippen molar-refractivity contribution in [3.05, 3.63) is 41.2 Å². The van der Waals surface area contributed by atoms with Crippen LogP contribution in [0.15, 0.2) is 29.6 Å². The van der Waals surface area contributed by atoms with Crippen LogP contribution >= 0.6 is 11.8 Å². The van der Waals surface area contributed by atoms with Crippen molar-refractivity contribution < 1.29 is 9.47 Å². The highest BCUT2D eigenvalue weighted by Gasteiger charge is 2.11. The van der Waals surface area contributed by atoms with E-state index in [0.717, 1.165) is 50.3 Å². The number of hydrogen-bond donors (Lipinski definition) is 1. The zero-order valence-corrected chi connectivity index (χ0v) is 16.5. The quantitative estimate of drug-likeness (QED) is 0.656. The van der Waals surface area contributed by atoms with Gasteiger partial charge in [0.2, 0.25) is 0 Å². The summed E-state index contributed by atoms with van der Waals surface area (Å²) < 4.78 is 10.7. The number of methoxy groups -OCH3 is 2. The number of aryl methyl sites for hydroxylation is 1. The molecule has 0 radical (unpaired) electrons. The molecule has 5 nitrogen and oxygen atoms in total. The number of H-pyrrole nitrogens is 1. The standard InChI is InChI=1S/C17H19N3O2S.C2H6/c1-10-8-18-15(11(2)16(10)22-4)9-23-17-19-13-6-5-12(21-3)7-14(13)20-17;1-2/h5-8H,9H2,1-4H3,(H,19,20);1-2H3. The van der Waals surface area contributed by atoms with E-state index < -0.39 is 0 Å². The number of fused-ring (bicyclic) bond motifs is 1. The molecular weight excluding hydrogens is 334 g/mol. The molecule has 25 heavy (non-hydrogen) atoms. The van der Waals surface area contributed by atoms with E-state index in [2.05, 4.69) is 15.0 Å². The van der Waals surface area contributed by atoms with E-state index >= 15 is 0 Å². The molecule has 0 amide bonds. The number of thioether (sulfide) groups is 1. The molecule has 0 saturated carbocycles. The smallest absolute Gasteiger partial charge is 0.166 e. The minimum atomic E-state index is 0.736. The normalized spacial score (nSPS) is 10.3. The number of aromatic nitrogens is 3. The van der Waals surface area contributed by atoms with Gasteiger partial charge in [-0.15, -0.1) is 0 Å². The fourth-order valence-corrected chi connectivity index (χ4v) is 3.42. The number of rotatable bonds is 5. The number of nitrogens with zero attached hydrogens (tertiary/aromatic N) is 2. The summed E-state index contributed by atoms with van der Waals surface area (Å²) in [5.41, 5.74) is 5.04. The summed E-state index contributed by atoms with van der Waals surface area (Å²) in [6, 6.07) is 5.81. The predicted molar refractivity (Wildman–Crippen MR) is 104 cm³/mol. The van der Waals surface area contributed by atoms with Gasteiger partial charge < -0.3 is 14.5 Å². The van der Waals surface area contributed by atoms with Gasteiger partial charge in [-0.1, -0.05) is 25.6 Å². The second kappa shape index (κ2) is 8.76. The van der Waals surface area contributed by atoms with E-state index in [9.17, 15) is 0 Å². The van der Waals surface area contributed by atoms with E-state index in [-0.39, 0.29) is 0 Å². The molecule has 0 bridgehead atoms. The maximum absolute atomic E-state index is 5.46. The largest absolute Gasteiger partial charge is 0.497 e. The molecule has 2 aromatic heterocycles. The van der Waals surface area contributed by atoms with Gasteiger partial charge in [-0.05, 0) is 26.0 Å². The minimum Gasteiger partial charge on any atom is -0.497 e. The third-order valence-electron chi connectivity index (χ3n) is 3.76. The Morgan fingerprint density at radius 3 is 2.56 bits per heavy atom. The van der Waals surface area contributed by atoms with Crippen molar-refractivity contribution in [3.63, 3.8) is 0 Å². The summed E-state index contributed by atoms with van der Waals surface area (Å²) in [5.74, 6) is 2.46. The van der Waals surface area contributed by atoms with Gasteiger partial charge in [-0.25, -0.2) is 4.98 Å². The van der Waals surface area contributed by atoms with Crippen LogP contribution in [0.3, 0.4) is 0 Å². The monoisotopic (exact) mass is 359 g/mol. The third kappa shape index (κ3) is 4.25. The Labute approximate surface area is 153 Å². The minimum absolute atomic E-state index is 0.736. The lowest BCUT2D eigenvalue weighted by atomic mass is 10.1. The molecule has 1 N–H and O–H groups in total. The van der Waals surface area contributed by atoms with Crippen LogP contribution in [0.1, 0.15) is 30.7 Å². The second-order valence-electron chi connectivity index (χ2n) is 5.26. The van der Waals surface area contributed by atoms with Crippen LogP contribution in [-0.2, 0) is 5.75 Å². The summed E-state index contributed by atoms with van der Waals surface area (Å²) in [4.78, 5) is 12.4. The number of aromatic amines is 1.